The molecule has 0 aliphatic carbocycles. The van der Waals surface area contributed by atoms with Gasteiger partial charge < -0.3 is 9.47 Å². The van der Waals surface area contributed by atoms with Crippen LogP contribution in [-0.4, -0.2) is 24.2 Å². The molecule has 94 valence electrons. The lowest BCUT2D eigenvalue weighted by atomic mass is 10.2. The van der Waals surface area contributed by atoms with E-state index in [1.54, 1.807) is 20.4 Å². The molecule has 18 heavy (non-hydrogen) atoms. The van der Waals surface area contributed by atoms with Crippen molar-refractivity contribution in [2.45, 2.75) is 6.92 Å². The van der Waals surface area contributed by atoms with Gasteiger partial charge in [0.05, 0.1) is 14.2 Å². The quantitative estimate of drug-likeness (QED) is 0.799. The zero-order valence-corrected chi connectivity index (χ0v) is 11.2. The van der Waals surface area contributed by atoms with E-state index in [0.29, 0.717) is 22.5 Å². The summed E-state index contributed by atoms with van der Waals surface area (Å²) in [6.07, 6.45) is 1.70. The molecule has 0 fully saturated rings. The maximum Gasteiger partial charge on any atom is 0.161 e. The smallest absolute Gasteiger partial charge is 0.161 e. The van der Waals surface area contributed by atoms with Crippen molar-refractivity contribution in [1.29, 1.82) is 0 Å². The molecule has 5 heteroatoms. The van der Waals surface area contributed by atoms with Crippen molar-refractivity contribution in [2.75, 3.05) is 14.2 Å². The van der Waals surface area contributed by atoms with Gasteiger partial charge in [-0.3, -0.25) is 0 Å². The molecular weight excluding hydrogens is 252 g/mol. The van der Waals surface area contributed by atoms with Crippen LogP contribution in [0, 0.1) is 6.92 Å². The molecule has 0 atom stereocenters. The molecule has 2 rings (SSSR count). The number of halogens is 1. The zero-order valence-electron chi connectivity index (χ0n) is 10.4. The highest BCUT2D eigenvalue weighted by atomic mass is 35.5. The van der Waals surface area contributed by atoms with Crippen LogP contribution in [0.4, 0.5) is 0 Å². The van der Waals surface area contributed by atoms with Gasteiger partial charge in [-0.15, -0.1) is 0 Å². The number of rotatable bonds is 3. The Morgan fingerprint density at radius 3 is 2.44 bits per heavy atom. The van der Waals surface area contributed by atoms with E-state index in [4.69, 9.17) is 21.1 Å². The van der Waals surface area contributed by atoms with E-state index in [9.17, 15) is 0 Å². The number of hydrogen-bond acceptors (Lipinski definition) is 4. The van der Waals surface area contributed by atoms with E-state index in [0.717, 1.165) is 11.1 Å². The number of nitrogens with zero attached hydrogens (tertiary/aromatic N) is 2. The van der Waals surface area contributed by atoms with Gasteiger partial charge in [-0.05, 0) is 25.1 Å². The molecule has 0 aliphatic heterocycles. The van der Waals surface area contributed by atoms with Crippen molar-refractivity contribution in [3.63, 3.8) is 0 Å². The minimum atomic E-state index is 0.454. The topological polar surface area (TPSA) is 44.2 Å². The summed E-state index contributed by atoms with van der Waals surface area (Å²) in [6, 6.07) is 5.49. The molecule has 2 aromatic rings. The second-order valence-corrected chi connectivity index (χ2v) is 4.10. The normalized spacial score (nSPS) is 10.2. The fraction of sp³-hybridized carbons (Fsp3) is 0.231. The summed E-state index contributed by atoms with van der Waals surface area (Å²) < 4.78 is 10.4. The molecule has 1 aromatic carbocycles. The summed E-state index contributed by atoms with van der Waals surface area (Å²) >= 11 is 5.99. The molecule has 0 bridgehead atoms. The standard InChI is InChI=1S/C13H13ClN2O2/c1-8-7-15-13(16-12(8)14)9-4-5-10(17-2)11(6-9)18-3/h4-7H,1-3H3. The van der Waals surface area contributed by atoms with Crippen molar-refractivity contribution >= 4 is 11.6 Å². The van der Waals surface area contributed by atoms with Gasteiger partial charge in [0.1, 0.15) is 5.15 Å². The molecule has 0 unspecified atom stereocenters. The van der Waals surface area contributed by atoms with Gasteiger partial charge in [-0.25, -0.2) is 9.97 Å². The molecule has 0 aliphatic rings. The summed E-state index contributed by atoms with van der Waals surface area (Å²) in [5.74, 6) is 1.86. The van der Waals surface area contributed by atoms with Crippen LogP contribution < -0.4 is 9.47 Å². The second kappa shape index (κ2) is 5.23. The SMILES string of the molecule is COc1ccc(-c2ncc(C)c(Cl)n2)cc1OC. The van der Waals surface area contributed by atoms with Crippen LogP contribution in [-0.2, 0) is 0 Å². The number of benzene rings is 1. The van der Waals surface area contributed by atoms with E-state index in [2.05, 4.69) is 9.97 Å². The van der Waals surface area contributed by atoms with Crippen molar-refractivity contribution in [2.24, 2.45) is 0 Å². The molecular formula is C13H13ClN2O2. The van der Waals surface area contributed by atoms with Gasteiger partial charge in [0.25, 0.3) is 0 Å². The number of methoxy groups -OCH3 is 2. The molecule has 0 saturated carbocycles. The first-order chi connectivity index (χ1) is 8.65. The number of hydrogen-bond donors (Lipinski definition) is 0. The van der Waals surface area contributed by atoms with Gasteiger partial charge in [0, 0.05) is 17.3 Å². The predicted octanol–water partition coefficient (Wildman–Crippen LogP) is 3.12. The Morgan fingerprint density at radius 2 is 1.83 bits per heavy atom. The van der Waals surface area contributed by atoms with E-state index >= 15 is 0 Å². The largest absolute Gasteiger partial charge is 0.493 e. The van der Waals surface area contributed by atoms with Gasteiger partial charge in [0.15, 0.2) is 17.3 Å². The Labute approximate surface area is 111 Å². The van der Waals surface area contributed by atoms with Crippen LogP contribution >= 0.6 is 11.6 Å². The number of aryl methyl sites for hydroxylation is 1. The zero-order chi connectivity index (χ0) is 13.1. The third kappa shape index (κ3) is 2.38. The van der Waals surface area contributed by atoms with Crippen LogP contribution in [0.5, 0.6) is 11.5 Å². The molecule has 0 N–H and O–H groups in total. The first kappa shape index (κ1) is 12.6. The van der Waals surface area contributed by atoms with Crippen molar-refractivity contribution < 1.29 is 9.47 Å². The lowest BCUT2D eigenvalue weighted by molar-refractivity contribution is 0.355. The monoisotopic (exact) mass is 264 g/mol. The summed E-state index contributed by atoms with van der Waals surface area (Å²) in [7, 11) is 3.18. The average molecular weight is 265 g/mol. The van der Waals surface area contributed by atoms with Crippen LogP contribution in [0.1, 0.15) is 5.56 Å². The van der Waals surface area contributed by atoms with Gasteiger partial charge >= 0.3 is 0 Å². The van der Waals surface area contributed by atoms with Crippen LogP contribution in [0.2, 0.25) is 5.15 Å². The van der Waals surface area contributed by atoms with E-state index in [-0.39, 0.29) is 0 Å². The first-order valence-corrected chi connectivity index (χ1v) is 5.75. The molecule has 0 saturated heterocycles. The third-order valence-corrected chi connectivity index (χ3v) is 2.93. The minimum absolute atomic E-state index is 0.454. The molecule has 0 radical (unpaired) electrons. The maximum absolute atomic E-state index is 5.99. The lowest BCUT2D eigenvalue weighted by Gasteiger charge is -2.09. The lowest BCUT2D eigenvalue weighted by Crippen LogP contribution is -1.94. The second-order valence-electron chi connectivity index (χ2n) is 3.74. The molecule has 1 heterocycles. The highest BCUT2D eigenvalue weighted by Gasteiger charge is 2.09. The van der Waals surface area contributed by atoms with Crippen molar-refractivity contribution in [1.82, 2.24) is 9.97 Å². The Kier molecular flexibility index (Phi) is 3.67. The fourth-order valence-corrected chi connectivity index (χ4v) is 1.66. The number of ether oxygens (including phenoxy) is 2. The van der Waals surface area contributed by atoms with Gasteiger partial charge in [-0.1, -0.05) is 11.6 Å². The highest BCUT2D eigenvalue weighted by molar-refractivity contribution is 6.30. The van der Waals surface area contributed by atoms with E-state index in [1.165, 1.54) is 0 Å². The summed E-state index contributed by atoms with van der Waals surface area (Å²) in [4.78, 5) is 8.48. The van der Waals surface area contributed by atoms with Crippen LogP contribution in [0.3, 0.4) is 0 Å². The summed E-state index contributed by atoms with van der Waals surface area (Å²) in [6.45, 7) is 1.86. The highest BCUT2D eigenvalue weighted by Crippen LogP contribution is 2.31. The average Bonchev–Trinajstić information content (AvgIpc) is 2.41. The number of aromatic nitrogens is 2. The maximum atomic E-state index is 5.99. The Hall–Kier alpha value is -1.81. The van der Waals surface area contributed by atoms with E-state index in [1.807, 2.05) is 25.1 Å². The predicted molar refractivity (Wildman–Crippen MR) is 70.3 cm³/mol. The molecule has 1 aromatic heterocycles. The Morgan fingerprint density at radius 1 is 1.11 bits per heavy atom. The van der Waals surface area contributed by atoms with Gasteiger partial charge in [-0.2, -0.15) is 0 Å². The van der Waals surface area contributed by atoms with Crippen molar-refractivity contribution in [3.05, 3.63) is 35.1 Å². The fourth-order valence-electron chi connectivity index (χ4n) is 1.54. The van der Waals surface area contributed by atoms with Crippen molar-refractivity contribution in [3.8, 4) is 22.9 Å². The Balaban J connectivity index is 2.47. The molecule has 4 nitrogen and oxygen atoms in total. The summed E-state index contributed by atoms with van der Waals surface area (Å²) in [5, 5.41) is 0.454. The van der Waals surface area contributed by atoms with Crippen LogP contribution in [0.15, 0.2) is 24.4 Å². The minimum Gasteiger partial charge on any atom is -0.493 e. The molecule has 0 spiro atoms. The molecule has 0 amide bonds. The third-order valence-electron chi connectivity index (χ3n) is 2.55. The van der Waals surface area contributed by atoms with E-state index < -0.39 is 0 Å². The first-order valence-electron chi connectivity index (χ1n) is 5.37. The summed E-state index contributed by atoms with van der Waals surface area (Å²) in [5.41, 5.74) is 1.68. The van der Waals surface area contributed by atoms with Gasteiger partial charge in [0.2, 0.25) is 0 Å². The Bertz CT molecular complexity index is 573. The van der Waals surface area contributed by atoms with Crippen LogP contribution in [0.25, 0.3) is 11.4 Å².